The highest BCUT2D eigenvalue weighted by atomic mass is 35.5. The summed E-state index contributed by atoms with van der Waals surface area (Å²) in [6, 6.07) is 11.7. The number of anilines is 1. The number of alkyl halides is 4. The first-order chi connectivity index (χ1) is 12.8. The van der Waals surface area contributed by atoms with Crippen LogP contribution in [0, 0.1) is 0 Å². The van der Waals surface area contributed by atoms with Crippen molar-refractivity contribution in [1.82, 2.24) is 9.55 Å². The van der Waals surface area contributed by atoms with Gasteiger partial charge >= 0.3 is 6.18 Å². The Morgan fingerprint density at radius 2 is 1.81 bits per heavy atom. The summed E-state index contributed by atoms with van der Waals surface area (Å²) in [7, 11) is 0. The lowest BCUT2D eigenvalue weighted by Crippen LogP contribution is -2.17. The standard InChI is InChI=1S/C9H7ClF3NO.C9H8N2O/c10-5-8(15)14-7-4-2-1-3-6(7)9(11,12)13;12-9-3-1-8(2-4-9)11-6-5-10-7-11/h1-4H,5H2,(H,14,15);1-7,12H. The predicted molar refractivity (Wildman–Crippen MR) is 96.0 cm³/mol. The normalized spacial score (nSPS) is 10.7. The first-order valence-electron chi connectivity index (χ1n) is 7.60. The fourth-order valence-corrected chi connectivity index (χ4v) is 2.13. The number of nitrogens with one attached hydrogen (secondary N) is 1. The Morgan fingerprint density at radius 3 is 2.37 bits per heavy atom. The quantitative estimate of drug-likeness (QED) is 0.641. The van der Waals surface area contributed by atoms with Gasteiger partial charge in [-0.05, 0) is 36.4 Å². The van der Waals surface area contributed by atoms with Crippen molar-refractivity contribution < 1.29 is 23.1 Å². The molecule has 0 atom stereocenters. The lowest BCUT2D eigenvalue weighted by molar-refractivity contribution is -0.137. The van der Waals surface area contributed by atoms with Crippen LogP contribution in [-0.4, -0.2) is 26.4 Å². The lowest BCUT2D eigenvalue weighted by atomic mass is 10.1. The number of para-hydroxylation sites is 1. The van der Waals surface area contributed by atoms with Gasteiger partial charge in [-0.2, -0.15) is 13.2 Å². The van der Waals surface area contributed by atoms with Gasteiger partial charge in [-0.1, -0.05) is 12.1 Å². The topological polar surface area (TPSA) is 67.2 Å². The molecule has 1 aromatic heterocycles. The molecule has 1 amide bonds. The second-order valence-corrected chi connectivity index (χ2v) is 5.48. The molecular formula is C18H15ClF3N3O2. The Balaban J connectivity index is 0.000000198. The van der Waals surface area contributed by atoms with Crippen LogP contribution in [0.4, 0.5) is 18.9 Å². The molecule has 3 rings (SSSR count). The summed E-state index contributed by atoms with van der Waals surface area (Å²) in [5.41, 5.74) is -0.176. The van der Waals surface area contributed by atoms with Crippen molar-refractivity contribution in [3.63, 3.8) is 0 Å². The fraction of sp³-hybridized carbons (Fsp3) is 0.111. The van der Waals surface area contributed by atoms with E-state index in [-0.39, 0.29) is 17.3 Å². The molecule has 0 aliphatic heterocycles. The lowest BCUT2D eigenvalue weighted by Gasteiger charge is -2.12. The van der Waals surface area contributed by atoms with Crippen molar-refractivity contribution in [2.75, 3.05) is 11.2 Å². The van der Waals surface area contributed by atoms with Gasteiger partial charge in [-0.25, -0.2) is 4.98 Å². The Kier molecular flexibility index (Phi) is 6.84. The van der Waals surface area contributed by atoms with E-state index in [0.717, 1.165) is 11.8 Å². The van der Waals surface area contributed by atoms with Crippen LogP contribution < -0.4 is 5.32 Å². The highest BCUT2D eigenvalue weighted by Gasteiger charge is 2.33. The monoisotopic (exact) mass is 397 g/mol. The minimum atomic E-state index is -4.49. The molecule has 0 spiro atoms. The zero-order valence-electron chi connectivity index (χ0n) is 13.8. The van der Waals surface area contributed by atoms with Crippen LogP contribution in [0.2, 0.25) is 0 Å². The van der Waals surface area contributed by atoms with Crippen LogP contribution in [0.1, 0.15) is 5.56 Å². The van der Waals surface area contributed by atoms with E-state index in [2.05, 4.69) is 10.3 Å². The van der Waals surface area contributed by atoms with E-state index in [0.29, 0.717) is 0 Å². The van der Waals surface area contributed by atoms with Gasteiger partial charge in [0, 0.05) is 18.1 Å². The summed E-state index contributed by atoms with van der Waals surface area (Å²) < 4.78 is 39.1. The molecular weight excluding hydrogens is 383 g/mol. The van der Waals surface area contributed by atoms with Crippen molar-refractivity contribution in [2.24, 2.45) is 0 Å². The van der Waals surface area contributed by atoms with E-state index in [4.69, 9.17) is 16.7 Å². The Morgan fingerprint density at radius 1 is 1.15 bits per heavy atom. The van der Waals surface area contributed by atoms with Crippen LogP contribution in [0.3, 0.4) is 0 Å². The first-order valence-corrected chi connectivity index (χ1v) is 8.14. The maximum absolute atomic E-state index is 12.4. The number of amides is 1. The summed E-state index contributed by atoms with van der Waals surface area (Å²) in [5, 5.41) is 11.1. The van der Waals surface area contributed by atoms with Crippen molar-refractivity contribution in [2.45, 2.75) is 6.18 Å². The van der Waals surface area contributed by atoms with Crippen LogP contribution in [-0.2, 0) is 11.0 Å². The molecule has 2 aromatic carbocycles. The van der Waals surface area contributed by atoms with Crippen molar-refractivity contribution >= 4 is 23.2 Å². The molecule has 0 fully saturated rings. The predicted octanol–water partition coefficient (Wildman–Crippen LogP) is 4.46. The van der Waals surface area contributed by atoms with E-state index in [1.165, 1.54) is 18.2 Å². The fourth-order valence-electron chi connectivity index (χ4n) is 2.06. The minimum absolute atomic E-state index is 0.277. The second-order valence-electron chi connectivity index (χ2n) is 5.21. The minimum Gasteiger partial charge on any atom is -0.508 e. The van der Waals surface area contributed by atoms with Gasteiger partial charge in [-0.15, -0.1) is 11.6 Å². The Bertz CT molecular complexity index is 866. The van der Waals surface area contributed by atoms with Gasteiger partial charge in [0.1, 0.15) is 11.6 Å². The number of imidazole rings is 1. The number of benzene rings is 2. The van der Waals surface area contributed by atoms with Crippen LogP contribution >= 0.6 is 11.6 Å². The van der Waals surface area contributed by atoms with Gasteiger partial charge in [0.2, 0.25) is 5.91 Å². The van der Waals surface area contributed by atoms with Gasteiger partial charge < -0.3 is 15.0 Å². The largest absolute Gasteiger partial charge is 0.508 e. The summed E-state index contributed by atoms with van der Waals surface area (Å²) >= 11 is 5.18. The molecule has 0 saturated heterocycles. The average molecular weight is 398 g/mol. The molecule has 0 saturated carbocycles. The van der Waals surface area contributed by atoms with Crippen molar-refractivity contribution in [3.05, 3.63) is 72.8 Å². The summed E-state index contributed by atoms with van der Waals surface area (Å²) in [6.45, 7) is 0. The molecule has 0 aliphatic rings. The van der Waals surface area contributed by atoms with E-state index < -0.39 is 17.6 Å². The molecule has 1 heterocycles. The van der Waals surface area contributed by atoms with Gasteiger partial charge in [-0.3, -0.25) is 4.79 Å². The van der Waals surface area contributed by atoms with Gasteiger partial charge in [0.15, 0.2) is 0 Å². The third-order valence-electron chi connectivity index (χ3n) is 3.28. The van der Waals surface area contributed by atoms with Crippen LogP contribution in [0.5, 0.6) is 5.75 Å². The molecule has 5 nitrogen and oxygen atoms in total. The molecule has 2 N–H and O–H groups in total. The SMILES string of the molecule is O=C(CCl)Nc1ccccc1C(F)(F)F.Oc1ccc(-n2ccnc2)cc1. The van der Waals surface area contributed by atoms with Crippen LogP contribution in [0.25, 0.3) is 5.69 Å². The molecule has 0 unspecified atom stereocenters. The molecule has 0 radical (unpaired) electrons. The van der Waals surface area contributed by atoms with Gasteiger partial charge in [0.05, 0.1) is 17.6 Å². The third kappa shape index (κ3) is 6.03. The van der Waals surface area contributed by atoms with E-state index in [1.54, 1.807) is 24.7 Å². The first kappa shape index (κ1) is 20.3. The maximum atomic E-state index is 12.4. The smallest absolute Gasteiger partial charge is 0.418 e. The second kappa shape index (κ2) is 9.09. The zero-order valence-corrected chi connectivity index (χ0v) is 14.6. The van der Waals surface area contributed by atoms with Crippen molar-refractivity contribution in [1.29, 1.82) is 0 Å². The molecule has 142 valence electrons. The molecule has 3 aromatic rings. The summed E-state index contributed by atoms with van der Waals surface area (Å²) in [5.74, 6) is -0.779. The number of nitrogens with zero attached hydrogens (tertiary/aromatic N) is 2. The zero-order chi connectivity index (χ0) is 19.9. The highest BCUT2D eigenvalue weighted by Crippen LogP contribution is 2.34. The number of phenols is 1. The number of hydrogen-bond acceptors (Lipinski definition) is 3. The average Bonchev–Trinajstić information content (AvgIpc) is 3.17. The highest BCUT2D eigenvalue weighted by molar-refractivity contribution is 6.29. The number of hydrogen-bond donors (Lipinski definition) is 2. The van der Waals surface area contributed by atoms with E-state index in [9.17, 15) is 18.0 Å². The van der Waals surface area contributed by atoms with Gasteiger partial charge in [0.25, 0.3) is 0 Å². The summed E-state index contributed by atoms with van der Waals surface area (Å²) in [4.78, 5) is 14.8. The Labute approximate surface area is 158 Å². The molecule has 9 heteroatoms. The number of aromatic hydroxyl groups is 1. The molecule has 27 heavy (non-hydrogen) atoms. The Hall–Kier alpha value is -3.00. The molecule has 0 aliphatic carbocycles. The number of rotatable bonds is 3. The third-order valence-corrected chi connectivity index (χ3v) is 3.52. The number of aromatic nitrogens is 2. The van der Waals surface area contributed by atoms with E-state index >= 15 is 0 Å². The number of halogens is 4. The molecule has 0 bridgehead atoms. The number of carbonyl (C=O) groups excluding carboxylic acids is 1. The number of carbonyl (C=O) groups is 1. The van der Waals surface area contributed by atoms with Crippen molar-refractivity contribution in [3.8, 4) is 11.4 Å². The van der Waals surface area contributed by atoms with Crippen LogP contribution in [0.15, 0.2) is 67.3 Å². The van der Waals surface area contributed by atoms with E-state index in [1.807, 2.05) is 22.9 Å². The summed E-state index contributed by atoms with van der Waals surface area (Å²) in [6.07, 6.45) is 0.793. The number of phenolic OH excluding ortho intramolecular Hbond substituents is 1. The maximum Gasteiger partial charge on any atom is 0.418 e.